The Balaban J connectivity index is 3.00. The summed E-state index contributed by atoms with van der Waals surface area (Å²) in [6.45, 7) is 5.82. The smallest absolute Gasteiger partial charge is 0.330 e. The fourth-order valence-electron chi connectivity index (χ4n) is 1.65. The van der Waals surface area contributed by atoms with Gasteiger partial charge in [-0.1, -0.05) is 6.92 Å². The summed E-state index contributed by atoms with van der Waals surface area (Å²) in [6, 6.07) is -1.69. The summed E-state index contributed by atoms with van der Waals surface area (Å²) in [5, 5.41) is 2.52. The van der Waals surface area contributed by atoms with Crippen molar-refractivity contribution in [3.05, 3.63) is 18.2 Å². The molecule has 98 valence electrons. The average molecular weight is 249 g/mol. The van der Waals surface area contributed by atoms with E-state index in [1.165, 1.54) is 12.5 Å². The summed E-state index contributed by atoms with van der Waals surface area (Å²) in [6.07, 6.45) is -0.933. The van der Waals surface area contributed by atoms with Crippen molar-refractivity contribution in [2.45, 2.75) is 45.5 Å². The van der Waals surface area contributed by atoms with Crippen molar-refractivity contribution in [1.82, 2.24) is 14.9 Å². The first-order valence-corrected chi connectivity index (χ1v) is 5.69. The Labute approximate surface area is 99.0 Å². The maximum atomic E-state index is 12.9. The van der Waals surface area contributed by atoms with Crippen LogP contribution in [0.2, 0.25) is 0 Å². The Hall–Kier alpha value is -1.04. The molecule has 1 rings (SSSR count). The fourth-order valence-corrected chi connectivity index (χ4v) is 1.65. The topological polar surface area (TPSA) is 29.9 Å². The molecule has 0 bridgehead atoms. The predicted molar refractivity (Wildman–Crippen MR) is 59.7 cm³/mol. The van der Waals surface area contributed by atoms with Crippen LogP contribution in [0, 0.1) is 0 Å². The van der Waals surface area contributed by atoms with Crippen molar-refractivity contribution in [3.63, 3.8) is 0 Å². The quantitative estimate of drug-likeness (QED) is 0.869. The third kappa shape index (κ3) is 3.46. The lowest BCUT2D eigenvalue weighted by Gasteiger charge is -2.24. The van der Waals surface area contributed by atoms with Gasteiger partial charge < -0.3 is 9.88 Å². The highest BCUT2D eigenvalue weighted by atomic mass is 19.4. The van der Waals surface area contributed by atoms with E-state index in [1.54, 1.807) is 4.57 Å². The number of nitrogens with one attached hydrogen (secondary N) is 1. The molecule has 6 heteroatoms. The van der Waals surface area contributed by atoms with Crippen LogP contribution in [0.4, 0.5) is 13.2 Å². The van der Waals surface area contributed by atoms with Gasteiger partial charge in [0.25, 0.3) is 0 Å². The lowest BCUT2D eigenvalue weighted by Crippen LogP contribution is -2.36. The largest absolute Gasteiger partial charge is 0.409 e. The molecule has 1 atom stereocenters. The number of rotatable bonds is 5. The monoisotopic (exact) mass is 249 g/mol. The molecule has 1 N–H and O–H groups in total. The van der Waals surface area contributed by atoms with Gasteiger partial charge in [0.05, 0.1) is 18.2 Å². The van der Waals surface area contributed by atoms with E-state index in [2.05, 4.69) is 10.3 Å². The Morgan fingerprint density at radius 3 is 2.53 bits per heavy atom. The second-order valence-electron chi connectivity index (χ2n) is 4.25. The Bertz CT molecular complexity index is 344. The highest BCUT2D eigenvalue weighted by Gasteiger charge is 2.42. The van der Waals surface area contributed by atoms with Crippen LogP contribution in [0.1, 0.15) is 45.0 Å². The molecule has 1 unspecified atom stereocenters. The third-order valence-electron chi connectivity index (χ3n) is 2.47. The Morgan fingerprint density at radius 1 is 1.41 bits per heavy atom. The van der Waals surface area contributed by atoms with E-state index >= 15 is 0 Å². The number of imidazole rings is 1. The predicted octanol–water partition coefficient (Wildman–Crippen LogP) is 3.07. The molecule has 0 fully saturated rings. The number of nitrogens with zero attached hydrogens (tertiary/aromatic N) is 2. The van der Waals surface area contributed by atoms with Crippen LogP contribution >= 0.6 is 0 Å². The molecule has 3 nitrogen and oxygen atoms in total. The third-order valence-corrected chi connectivity index (χ3v) is 2.47. The molecule has 1 heterocycles. The van der Waals surface area contributed by atoms with Crippen LogP contribution < -0.4 is 5.32 Å². The van der Waals surface area contributed by atoms with Crippen LogP contribution in [0.25, 0.3) is 0 Å². The normalized spacial score (nSPS) is 14.3. The van der Waals surface area contributed by atoms with Gasteiger partial charge in [0, 0.05) is 6.04 Å². The molecule has 1 aromatic heterocycles. The molecule has 0 saturated heterocycles. The molecule has 0 radical (unpaired) electrons. The first-order chi connectivity index (χ1) is 7.88. The second kappa shape index (κ2) is 5.53. The summed E-state index contributed by atoms with van der Waals surface area (Å²) in [7, 11) is 0. The van der Waals surface area contributed by atoms with E-state index in [-0.39, 0.29) is 11.7 Å². The van der Waals surface area contributed by atoms with Crippen molar-refractivity contribution in [3.8, 4) is 0 Å². The zero-order chi connectivity index (χ0) is 13.1. The van der Waals surface area contributed by atoms with Gasteiger partial charge in [-0.15, -0.1) is 0 Å². The summed E-state index contributed by atoms with van der Waals surface area (Å²) < 4.78 is 40.4. The van der Waals surface area contributed by atoms with Gasteiger partial charge in [-0.3, -0.25) is 0 Å². The summed E-state index contributed by atoms with van der Waals surface area (Å²) in [4.78, 5) is 3.81. The van der Waals surface area contributed by atoms with Crippen LogP contribution in [0.5, 0.6) is 0 Å². The van der Waals surface area contributed by atoms with Gasteiger partial charge in [-0.25, -0.2) is 4.98 Å². The van der Waals surface area contributed by atoms with Crippen LogP contribution in [0.15, 0.2) is 12.5 Å². The SMILES string of the molecule is CCCNC(c1cncn1C(C)C)C(F)(F)F. The van der Waals surface area contributed by atoms with Gasteiger partial charge in [0.15, 0.2) is 0 Å². The van der Waals surface area contributed by atoms with Crippen LogP contribution in [0.3, 0.4) is 0 Å². The Kier molecular flexibility index (Phi) is 4.56. The standard InChI is InChI=1S/C11H18F3N3/c1-4-5-16-10(11(12,13)14)9-6-15-7-17(9)8(2)3/h6-8,10,16H,4-5H2,1-3H3. The number of aromatic nitrogens is 2. The van der Waals surface area contributed by atoms with E-state index in [1.807, 2.05) is 20.8 Å². The number of alkyl halides is 3. The first kappa shape index (κ1) is 14.0. The van der Waals surface area contributed by atoms with Gasteiger partial charge in [0.1, 0.15) is 6.04 Å². The molecule has 1 aromatic rings. The average Bonchev–Trinajstić information content (AvgIpc) is 2.65. The Morgan fingerprint density at radius 2 is 2.06 bits per heavy atom. The van der Waals surface area contributed by atoms with Gasteiger partial charge in [0.2, 0.25) is 0 Å². The summed E-state index contributed by atoms with van der Waals surface area (Å²) >= 11 is 0. The molecule has 17 heavy (non-hydrogen) atoms. The van der Waals surface area contributed by atoms with E-state index in [0.717, 1.165) is 0 Å². The molecule has 0 aliphatic heterocycles. The van der Waals surface area contributed by atoms with Crippen molar-refractivity contribution in [2.24, 2.45) is 0 Å². The zero-order valence-electron chi connectivity index (χ0n) is 10.3. The number of hydrogen-bond donors (Lipinski definition) is 1. The second-order valence-corrected chi connectivity index (χ2v) is 4.25. The minimum atomic E-state index is -4.30. The number of halogens is 3. The van der Waals surface area contributed by atoms with Gasteiger partial charge >= 0.3 is 6.18 Å². The maximum Gasteiger partial charge on any atom is 0.409 e. The molecular formula is C11H18F3N3. The van der Waals surface area contributed by atoms with Gasteiger partial charge in [-0.2, -0.15) is 13.2 Å². The zero-order valence-corrected chi connectivity index (χ0v) is 10.3. The minimum Gasteiger partial charge on any atom is -0.330 e. The molecule has 0 aliphatic rings. The van der Waals surface area contributed by atoms with E-state index in [9.17, 15) is 13.2 Å². The molecule has 0 aliphatic carbocycles. The van der Waals surface area contributed by atoms with E-state index < -0.39 is 12.2 Å². The lowest BCUT2D eigenvalue weighted by molar-refractivity contribution is -0.159. The molecule has 0 spiro atoms. The lowest BCUT2D eigenvalue weighted by atomic mass is 10.2. The molecular weight excluding hydrogens is 231 g/mol. The van der Waals surface area contributed by atoms with Crippen LogP contribution in [-0.4, -0.2) is 22.3 Å². The van der Waals surface area contributed by atoms with Crippen LogP contribution in [-0.2, 0) is 0 Å². The number of hydrogen-bond acceptors (Lipinski definition) is 2. The summed E-state index contributed by atoms with van der Waals surface area (Å²) in [5.41, 5.74) is 0.168. The molecule has 0 aromatic carbocycles. The van der Waals surface area contributed by atoms with Crippen molar-refractivity contribution in [2.75, 3.05) is 6.54 Å². The van der Waals surface area contributed by atoms with Crippen molar-refractivity contribution in [1.29, 1.82) is 0 Å². The minimum absolute atomic E-state index is 0.0409. The van der Waals surface area contributed by atoms with E-state index in [4.69, 9.17) is 0 Å². The van der Waals surface area contributed by atoms with Crippen molar-refractivity contribution >= 4 is 0 Å². The molecule has 0 amide bonds. The highest BCUT2D eigenvalue weighted by molar-refractivity contribution is 5.09. The van der Waals surface area contributed by atoms with Gasteiger partial charge in [-0.05, 0) is 26.8 Å². The molecule has 0 saturated carbocycles. The summed E-state index contributed by atoms with van der Waals surface area (Å²) in [5.74, 6) is 0. The van der Waals surface area contributed by atoms with E-state index in [0.29, 0.717) is 13.0 Å². The maximum absolute atomic E-state index is 12.9. The highest BCUT2D eigenvalue weighted by Crippen LogP contribution is 2.33. The fraction of sp³-hybridized carbons (Fsp3) is 0.727. The first-order valence-electron chi connectivity index (χ1n) is 5.69. The van der Waals surface area contributed by atoms with Crippen molar-refractivity contribution < 1.29 is 13.2 Å².